The zero-order valence-corrected chi connectivity index (χ0v) is 82.9. The third-order valence-electron chi connectivity index (χ3n) is 19.1. The summed E-state index contributed by atoms with van der Waals surface area (Å²) in [6, 6.07) is 37.1. The van der Waals surface area contributed by atoms with Crippen LogP contribution in [0.4, 0.5) is 0 Å². The van der Waals surface area contributed by atoms with Crippen molar-refractivity contribution in [3.05, 3.63) is 125 Å². The fourth-order valence-corrected chi connectivity index (χ4v) is 47.5. The SMILES string of the molecule is C.CCC(C)(C)C(=O)[O][Sn]([CH3])([CH3])[CH3].CCC(C)c1cc[c]([Sn]([CH3])([CH3])[CH3])cc1.CCC(C)c1ccc([CH2][Sn]([CH3])([CH3])[CH3])cc1.CCC(C)c1ccc([O][Sn]([CH3])([CH3])[CH3])cc1.CCC[CH2][Sn]([CH3])([CH2]CCC)[CH](C)CC.CCC[CH2][Sn]([CH3])([CH2]CCC)[c]1ccc(C(C)CC)cc1. The van der Waals surface area contributed by atoms with E-state index in [0.29, 0.717) is 23.7 Å². The number of unbranched alkanes of at least 4 members (excludes halogenated alkanes) is 4. The van der Waals surface area contributed by atoms with E-state index in [9.17, 15) is 4.79 Å². The fraction of sp³-hybridized carbons (Fsp3) is 0.695. The van der Waals surface area contributed by atoms with Gasteiger partial charge in [-0.3, -0.25) is 0 Å². The molecule has 0 bridgehead atoms. The Bertz CT molecular complexity index is 2320. The van der Waals surface area contributed by atoms with Crippen LogP contribution in [0.2, 0.25) is 90.8 Å². The average molecular weight is 1900 g/mol. The number of rotatable bonds is 31. The van der Waals surface area contributed by atoms with Crippen LogP contribution in [-0.2, 0) is 12.3 Å². The molecule has 0 saturated carbocycles. The molecule has 5 unspecified atom stereocenters. The second-order valence-electron chi connectivity index (χ2n) is 32.7. The maximum absolute atomic E-state index is 11.5. The summed E-state index contributed by atoms with van der Waals surface area (Å²) in [5, 5.41) is 0. The van der Waals surface area contributed by atoms with Crippen molar-refractivity contribution in [1.29, 1.82) is 0 Å². The zero-order chi connectivity index (χ0) is 69.7. The van der Waals surface area contributed by atoms with E-state index >= 15 is 0 Å². The van der Waals surface area contributed by atoms with Gasteiger partial charge >= 0.3 is 598 Å². The Morgan fingerprint density at radius 3 is 1.01 bits per heavy atom. The van der Waals surface area contributed by atoms with Crippen molar-refractivity contribution >= 4 is 124 Å². The minimum atomic E-state index is -2.37. The molecule has 0 amide bonds. The van der Waals surface area contributed by atoms with E-state index in [4.69, 9.17) is 6.15 Å². The van der Waals surface area contributed by atoms with Crippen LogP contribution in [0, 0.1) is 5.41 Å². The van der Waals surface area contributed by atoms with Gasteiger partial charge in [-0.05, 0) is 0 Å². The maximum atomic E-state index is 11.5. The average Bonchev–Trinajstić information content (AvgIpc) is 1.62. The molecule has 526 valence electrons. The molecule has 9 heteroatoms. The Labute approximate surface area is 597 Å². The second-order valence-corrected chi connectivity index (χ2v) is 117. The summed E-state index contributed by atoms with van der Waals surface area (Å²) in [4.78, 5) is 44.9. The molecule has 0 saturated heterocycles. The molecule has 4 aromatic carbocycles. The van der Waals surface area contributed by atoms with E-state index in [0.717, 1.165) is 16.1 Å². The molecule has 0 spiro atoms. The fourth-order valence-electron chi connectivity index (χ4n) is 10.6. The standard InChI is InChI=1S/C11H15.C10H14O.2C10H13.C6H12O2.5C4H9.CH4.14CH3.6Sn/c1-4-10(3)11-7-5-9(2)6-8-11;1-3-8(2)9-4-6-10(11)7-5-9;2*1-3-9(2)10-7-5-4-6-8-10;1-4-6(2,3)5(7)8;5*1-3-4-2;;;;;;;;;;;;;;;;;;;;;/h5-8,10H,2,4H2,1,3H3;4-8,11H,3H2,1-2H3;2*5-9H,3H2,1-2H3;4H2,1-3H3,(H,7,8);3H,4H2,1-2H3;4*1,3-4H2,2H3;1H4;14*1H3;;;;;;/q;;;;;;;;;;;;;;;;;;;;;;;;;;;;;2*+1/p-2. The van der Waals surface area contributed by atoms with Gasteiger partial charge < -0.3 is 0 Å². The van der Waals surface area contributed by atoms with Crippen LogP contribution < -0.4 is 10.2 Å². The number of carbonyl (C=O) groups excluding carboxylic acids is 1. The summed E-state index contributed by atoms with van der Waals surface area (Å²) in [6.07, 6.45) is 18.5. The van der Waals surface area contributed by atoms with Gasteiger partial charge in [-0.15, -0.1) is 0 Å². The van der Waals surface area contributed by atoms with Gasteiger partial charge in [0.1, 0.15) is 0 Å². The van der Waals surface area contributed by atoms with Gasteiger partial charge in [0.15, 0.2) is 0 Å². The molecule has 3 nitrogen and oxygen atoms in total. The monoisotopic (exact) mass is 1910 g/mol. The van der Waals surface area contributed by atoms with E-state index in [2.05, 4.69) is 263 Å². The van der Waals surface area contributed by atoms with Crippen molar-refractivity contribution in [2.45, 2.75) is 334 Å². The van der Waals surface area contributed by atoms with E-state index in [1.54, 1.807) is 21.6 Å². The number of carbonyl (C=O) groups is 1. The van der Waals surface area contributed by atoms with Gasteiger partial charge in [0.2, 0.25) is 0 Å². The van der Waals surface area contributed by atoms with Gasteiger partial charge in [-0.1, -0.05) is 7.43 Å². The van der Waals surface area contributed by atoms with E-state index in [1.165, 1.54) is 119 Å². The van der Waals surface area contributed by atoms with Crippen LogP contribution in [0.15, 0.2) is 97.1 Å². The molecule has 4 rings (SSSR count). The Morgan fingerprint density at radius 1 is 0.418 bits per heavy atom. The summed E-state index contributed by atoms with van der Waals surface area (Å²) in [7, 11) is 0. The van der Waals surface area contributed by atoms with Crippen LogP contribution in [0.5, 0.6) is 5.75 Å². The van der Waals surface area contributed by atoms with Gasteiger partial charge in [-0.2, -0.15) is 0 Å². The molecule has 0 radical (unpaired) electrons. The third kappa shape index (κ3) is 43.3. The quantitative estimate of drug-likeness (QED) is 0.0471. The molecule has 0 aliphatic rings. The second kappa shape index (κ2) is 49.5. The molecule has 5 atom stereocenters. The van der Waals surface area contributed by atoms with E-state index in [1.807, 2.05) is 20.8 Å². The molecule has 0 heterocycles. The molecule has 4 aromatic rings. The molecule has 0 fully saturated rings. The molecule has 0 N–H and O–H groups in total. The number of benzene rings is 4. The first-order valence-electron chi connectivity index (χ1n) is 37.0. The van der Waals surface area contributed by atoms with Crippen molar-refractivity contribution in [3.8, 4) is 5.75 Å². The van der Waals surface area contributed by atoms with Crippen LogP contribution in [0.25, 0.3) is 0 Å². The van der Waals surface area contributed by atoms with E-state index < -0.39 is 111 Å². The van der Waals surface area contributed by atoms with Crippen LogP contribution in [0.3, 0.4) is 0 Å². The predicted octanol–water partition coefficient (Wildman–Crippen LogP) is 27.8. The van der Waals surface area contributed by atoms with Crippen molar-refractivity contribution in [2.24, 2.45) is 5.41 Å². The Balaban J connectivity index is -0.00000103. The van der Waals surface area contributed by atoms with E-state index in [-0.39, 0.29) is 18.8 Å². The number of hydrogen-bond acceptors (Lipinski definition) is 3. The molecule has 0 aliphatic heterocycles. The predicted molar refractivity (Wildman–Crippen MR) is 436 cm³/mol. The Morgan fingerprint density at radius 2 is 0.736 bits per heavy atom. The van der Waals surface area contributed by atoms with Gasteiger partial charge in [0.25, 0.3) is 0 Å². The Hall–Kier alpha value is 0.942. The van der Waals surface area contributed by atoms with Gasteiger partial charge in [-0.25, -0.2) is 0 Å². The van der Waals surface area contributed by atoms with Crippen molar-refractivity contribution in [2.75, 3.05) is 0 Å². The summed E-state index contributed by atoms with van der Waals surface area (Å²) in [6.45, 7) is 38.4. The Kier molecular flexibility index (Phi) is 52.3. The third-order valence-corrected chi connectivity index (χ3v) is 63.7. The summed E-state index contributed by atoms with van der Waals surface area (Å²) in [5.74, 6) is 3.80. The normalized spacial score (nSPS) is 13.6. The summed E-state index contributed by atoms with van der Waals surface area (Å²) >= 11 is -11.7. The first-order chi connectivity index (χ1) is 41.6. The van der Waals surface area contributed by atoms with Crippen LogP contribution >= 0.6 is 0 Å². The van der Waals surface area contributed by atoms with Gasteiger partial charge in [0, 0.05) is 0 Å². The first kappa shape index (κ1) is 96.1. The van der Waals surface area contributed by atoms with Crippen LogP contribution in [0.1, 0.15) is 267 Å². The first-order valence-corrected chi connectivity index (χ1v) is 93.9. The molecule has 0 aliphatic carbocycles. The van der Waals surface area contributed by atoms with Gasteiger partial charge in [0.05, 0.1) is 0 Å². The van der Waals surface area contributed by atoms with Crippen molar-refractivity contribution in [1.82, 2.24) is 0 Å². The zero-order valence-electron chi connectivity index (χ0n) is 65.8. The molecular formula is C82H156O3Sn6. The summed E-state index contributed by atoms with van der Waals surface area (Å²) in [5.41, 5.74) is 7.16. The number of hydrogen-bond donors (Lipinski definition) is 0. The van der Waals surface area contributed by atoms with Crippen molar-refractivity contribution < 1.29 is 10.9 Å². The minimum absolute atomic E-state index is 0. The molecular weight excluding hydrogens is 1750 g/mol. The summed E-state index contributed by atoms with van der Waals surface area (Å²) < 4.78 is 23.7. The van der Waals surface area contributed by atoms with Crippen molar-refractivity contribution in [3.63, 3.8) is 0 Å². The van der Waals surface area contributed by atoms with Crippen LogP contribution in [-0.4, -0.2) is 117 Å². The topological polar surface area (TPSA) is 35.5 Å². The molecule has 91 heavy (non-hydrogen) atoms. The molecule has 0 aromatic heterocycles.